The van der Waals surface area contributed by atoms with Crippen LogP contribution in [0.25, 0.3) is 6.08 Å². The van der Waals surface area contributed by atoms with Crippen molar-refractivity contribution in [2.75, 3.05) is 6.61 Å². The fraction of sp³-hybridized carbons (Fsp3) is 0.200. The molecule has 1 aromatic carbocycles. The van der Waals surface area contributed by atoms with Crippen LogP contribution in [0.4, 0.5) is 18.9 Å². The van der Waals surface area contributed by atoms with E-state index in [-0.39, 0.29) is 12.2 Å². The van der Waals surface area contributed by atoms with Gasteiger partial charge in [-0.1, -0.05) is 18.2 Å². The van der Waals surface area contributed by atoms with Gasteiger partial charge in [0.15, 0.2) is 0 Å². The number of benzene rings is 1. The summed E-state index contributed by atoms with van der Waals surface area (Å²) in [5, 5.41) is 19.0. The molecule has 0 aromatic heterocycles. The number of hydrogen-bond donors (Lipinski definition) is 1. The van der Waals surface area contributed by atoms with Crippen molar-refractivity contribution in [1.82, 2.24) is 0 Å². The molecule has 0 saturated heterocycles. The van der Waals surface area contributed by atoms with Crippen molar-refractivity contribution in [3.05, 3.63) is 45.5 Å². The van der Waals surface area contributed by atoms with Crippen LogP contribution in [0.1, 0.15) is 11.1 Å². The number of aliphatic hydroxyl groups excluding tert-OH is 1. The Kier molecular flexibility index (Phi) is 3.84. The molecule has 0 aliphatic heterocycles. The van der Waals surface area contributed by atoms with Crippen LogP contribution in [0.5, 0.6) is 0 Å². The van der Waals surface area contributed by atoms with Crippen molar-refractivity contribution in [2.45, 2.75) is 6.18 Å². The van der Waals surface area contributed by atoms with E-state index >= 15 is 0 Å². The van der Waals surface area contributed by atoms with Crippen LogP contribution in [-0.4, -0.2) is 16.6 Å². The van der Waals surface area contributed by atoms with E-state index in [2.05, 4.69) is 0 Å². The number of alkyl halides is 3. The summed E-state index contributed by atoms with van der Waals surface area (Å²) in [6, 6.07) is 2.56. The predicted octanol–water partition coefficient (Wildman–Crippen LogP) is 2.62. The maximum atomic E-state index is 12.4. The summed E-state index contributed by atoms with van der Waals surface area (Å²) in [5.41, 5.74) is -2.07. The molecule has 0 fully saturated rings. The molecule has 0 heterocycles. The molecule has 0 atom stereocenters. The van der Waals surface area contributed by atoms with E-state index in [1.807, 2.05) is 0 Å². The van der Waals surface area contributed by atoms with Gasteiger partial charge >= 0.3 is 6.18 Å². The van der Waals surface area contributed by atoms with Gasteiger partial charge in [-0.15, -0.1) is 0 Å². The summed E-state index contributed by atoms with van der Waals surface area (Å²) >= 11 is 0. The lowest BCUT2D eigenvalue weighted by atomic mass is 10.1. The van der Waals surface area contributed by atoms with Crippen molar-refractivity contribution in [3.8, 4) is 0 Å². The van der Waals surface area contributed by atoms with Crippen molar-refractivity contribution in [3.63, 3.8) is 0 Å². The number of rotatable bonds is 3. The molecule has 7 heteroatoms. The average molecular weight is 247 g/mol. The van der Waals surface area contributed by atoms with Crippen LogP contribution in [0, 0.1) is 10.1 Å². The first-order valence-electron chi connectivity index (χ1n) is 4.49. The third-order valence-electron chi connectivity index (χ3n) is 1.94. The second kappa shape index (κ2) is 4.96. The minimum absolute atomic E-state index is 0.221. The quantitative estimate of drug-likeness (QED) is 0.659. The van der Waals surface area contributed by atoms with Gasteiger partial charge in [0.25, 0.3) is 5.69 Å². The second-order valence-corrected chi connectivity index (χ2v) is 3.12. The van der Waals surface area contributed by atoms with Crippen LogP contribution in [0.2, 0.25) is 0 Å². The van der Waals surface area contributed by atoms with Gasteiger partial charge in [-0.3, -0.25) is 10.1 Å². The molecule has 0 radical (unpaired) electrons. The topological polar surface area (TPSA) is 63.4 Å². The molecule has 0 spiro atoms. The van der Waals surface area contributed by atoms with Gasteiger partial charge in [0.1, 0.15) is 5.56 Å². The molecule has 0 aliphatic rings. The van der Waals surface area contributed by atoms with Crippen molar-refractivity contribution in [1.29, 1.82) is 0 Å². The van der Waals surface area contributed by atoms with Crippen LogP contribution in [0.3, 0.4) is 0 Å². The van der Waals surface area contributed by atoms with Gasteiger partial charge < -0.3 is 5.11 Å². The Morgan fingerprint density at radius 3 is 2.53 bits per heavy atom. The summed E-state index contributed by atoms with van der Waals surface area (Å²) in [7, 11) is 0. The highest BCUT2D eigenvalue weighted by Crippen LogP contribution is 2.36. The number of aliphatic hydroxyl groups is 1. The van der Waals surface area contributed by atoms with E-state index in [1.54, 1.807) is 0 Å². The van der Waals surface area contributed by atoms with Crippen LogP contribution >= 0.6 is 0 Å². The van der Waals surface area contributed by atoms with Crippen LogP contribution in [0.15, 0.2) is 24.3 Å². The van der Waals surface area contributed by atoms with E-state index < -0.39 is 22.4 Å². The number of nitrogens with zero attached hydrogens (tertiary/aromatic N) is 1. The Morgan fingerprint density at radius 1 is 1.41 bits per heavy atom. The lowest BCUT2D eigenvalue weighted by molar-refractivity contribution is -0.388. The molecular weight excluding hydrogens is 239 g/mol. The maximum absolute atomic E-state index is 12.4. The predicted molar refractivity (Wildman–Crippen MR) is 54.2 cm³/mol. The Morgan fingerprint density at radius 2 is 2.06 bits per heavy atom. The van der Waals surface area contributed by atoms with E-state index in [0.717, 1.165) is 12.1 Å². The standard InChI is InChI=1S/C10H8F3NO3/c11-10(12,13)8-4-3-7(2-1-5-15)6-9(8)14(16)17/h1-4,6,15H,5H2. The van der Waals surface area contributed by atoms with E-state index in [4.69, 9.17) is 5.11 Å². The highest BCUT2D eigenvalue weighted by Gasteiger charge is 2.37. The molecule has 0 unspecified atom stereocenters. The van der Waals surface area contributed by atoms with Crippen molar-refractivity contribution in [2.24, 2.45) is 0 Å². The van der Waals surface area contributed by atoms with E-state index in [9.17, 15) is 23.3 Å². The Balaban J connectivity index is 3.27. The lowest BCUT2D eigenvalue weighted by Gasteiger charge is -2.07. The fourth-order valence-corrected chi connectivity index (χ4v) is 1.23. The number of nitro benzene ring substituents is 1. The molecule has 0 aliphatic carbocycles. The summed E-state index contributed by atoms with van der Waals surface area (Å²) < 4.78 is 37.3. The Hall–Kier alpha value is -1.89. The molecule has 0 amide bonds. The van der Waals surface area contributed by atoms with Crippen LogP contribution < -0.4 is 0 Å². The minimum Gasteiger partial charge on any atom is -0.392 e. The molecule has 1 aromatic rings. The van der Waals surface area contributed by atoms with E-state index in [0.29, 0.717) is 6.07 Å². The summed E-state index contributed by atoms with van der Waals surface area (Å²) in [6.45, 7) is -0.297. The number of hydrogen-bond acceptors (Lipinski definition) is 3. The third kappa shape index (κ3) is 3.28. The normalized spacial score (nSPS) is 12.0. The molecule has 4 nitrogen and oxygen atoms in total. The highest BCUT2D eigenvalue weighted by atomic mass is 19.4. The molecule has 17 heavy (non-hydrogen) atoms. The van der Waals surface area contributed by atoms with Gasteiger partial charge in [0.2, 0.25) is 0 Å². The minimum atomic E-state index is -4.76. The first kappa shape index (κ1) is 13.2. The first-order chi connectivity index (χ1) is 7.86. The smallest absolute Gasteiger partial charge is 0.392 e. The zero-order chi connectivity index (χ0) is 13.1. The molecule has 0 bridgehead atoms. The molecular formula is C10H8F3NO3. The van der Waals surface area contributed by atoms with Crippen molar-refractivity contribution < 1.29 is 23.2 Å². The lowest BCUT2D eigenvalue weighted by Crippen LogP contribution is -2.08. The number of halogens is 3. The first-order valence-corrected chi connectivity index (χ1v) is 4.49. The molecule has 1 N–H and O–H groups in total. The third-order valence-corrected chi connectivity index (χ3v) is 1.94. The van der Waals surface area contributed by atoms with E-state index in [1.165, 1.54) is 12.2 Å². The Labute approximate surface area is 94.1 Å². The summed E-state index contributed by atoms with van der Waals surface area (Å²) in [4.78, 5) is 9.44. The zero-order valence-corrected chi connectivity index (χ0v) is 8.44. The molecule has 92 valence electrons. The monoisotopic (exact) mass is 247 g/mol. The van der Waals surface area contributed by atoms with Gasteiger partial charge in [0.05, 0.1) is 11.5 Å². The van der Waals surface area contributed by atoms with Gasteiger partial charge in [-0.05, 0) is 11.6 Å². The fourth-order valence-electron chi connectivity index (χ4n) is 1.23. The highest BCUT2D eigenvalue weighted by molar-refractivity contribution is 5.56. The van der Waals surface area contributed by atoms with Gasteiger partial charge in [-0.2, -0.15) is 13.2 Å². The van der Waals surface area contributed by atoms with Gasteiger partial charge in [-0.25, -0.2) is 0 Å². The second-order valence-electron chi connectivity index (χ2n) is 3.12. The van der Waals surface area contributed by atoms with Crippen LogP contribution in [-0.2, 0) is 6.18 Å². The largest absolute Gasteiger partial charge is 0.422 e. The molecule has 0 saturated carbocycles. The SMILES string of the molecule is O=[N+]([O-])c1cc(C=CCO)ccc1C(F)(F)F. The molecule has 1 rings (SSSR count). The maximum Gasteiger partial charge on any atom is 0.422 e. The Bertz CT molecular complexity index is 455. The summed E-state index contributed by atoms with van der Waals surface area (Å²) in [5.74, 6) is 0. The average Bonchev–Trinajstić information content (AvgIpc) is 2.24. The zero-order valence-electron chi connectivity index (χ0n) is 8.44. The summed E-state index contributed by atoms with van der Waals surface area (Å²) in [6.07, 6.45) is -2.19. The van der Waals surface area contributed by atoms with Crippen molar-refractivity contribution >= 4 is 11.8 Å². The van der Waals surface area contributed by atoms with Gasteiger partial charge in [0, 0.05) is 6.07 Å². The number of nitro groups is 1.